The van der Waals surface area contributed by atoms with E-state index in [1.54, 1.807) is 12.1 Å². The number of alkyl halides is 3. The first kappa shape index (κ1) is 18.3. The van der Waals surface area contributed by atoms with Gasteiger partial charge in [-0.3, -0.25) is 5.43 Å². The second-order valence-corrected chi connectivity index (χ2v) is 6.09. The van der Waals surface area contributed by atoms with Crippen LogP contribution in [0.5, 0.6) is 5.75 Å². The van der Waals surface area contributed by atoms with Crippen molar-refractivity contribution in [1.82, 2.24) is 4.98 Å². The summed E-state index contributed by atoms with van der Waals surface area (Å²) in [6, 6.07) is 9.31. The molecule has 9 heteroatoms. The van der Waals surface area contributed by atoms with Crippen LogP contribution in [0.15, 0.2) is 47.6 Å². The number of nitrogens with zero attached hydrogens (tertiary/aromatic N) is 2. The molecular formula is C17H10Cl2F3N3O. The van der Waals surface area contributed by atoms with Gasteiger partial charge in [-0.25, -0.2) is 4.98 Å². The number of fused-ring (bicyclic) bond motifs is 1. The number of nitrogens with one attached hydrogen (secondary N) is 1. The molecule has 2 N–H and O–H groups in total. The van der Waals surface area contributed by atoms with Gasteiger partial charge in [0.1, 0.15) is 11.3 Å². The van der Waals surface area contributed by atoms with Crippen molar-refractivity contribution in [3.8, 4) is 5.75 Å². The Bertz CT molecular complexity index is 1010. The summed E-state index contributed by atoms with van der Waals surface area (Å²) < 4.78 is 38.1. The number of hydrogen-bond acceptors (Lipinski definition) is 4. The molecule has 0 aliphatic heterocycles. The SMILES string of the molecule is Oc1c(Cl)cc(Cl)c2ccc(N/N=C\c3cccc(C(F)(F)F)c3)nc12. The maximum absolute atomic E-state index is 12.7. The first-order valence-corrected chi connectivity index (χ1v) is 7.95. The van der Waals surface area contributed by atoms with Gasteiger partial charge < -0.3 is 5.11 Å². The van der Waals surface area contributed by atoms with E-state index in [0.29, 0.717) is 10.4 Å². The van der Waals surface area contributed by atoms with E-state index in [0.717, 1.165) is 12.1 Å². The van der Waals surface area contributed by atoms with Crippen LogP contribution in [0.4, 0.5) is 19.0 Å². The van der Waals surface area contributed by atoms with Gasteiger partial charge in [0.15, 0.2) is 5.75 Å². The summed E-state index contributed by atoms with van der Waals surface area (Å²) in [7, 11) is 0. The van der Waals surface area contributed by atoms with Crippen molar-refractivity contribution in [2.75, 3.05) is 5.43 Å². The van der Waals surface area contributed by atoms with Crippen LogP contribution in [-0.4, -0.2) is 16.3 Å². The predicted octanol–water partition coefficient (Wildman–Crippen LogP) is 5.71. The first-order chi connectivity index (χ1) is 12.3. The van der Waals surface area contributed by atoms with Gasteiger partial charge in [0.2, 0.25) is 0 Å². The minimum absolute atomic E-state index is 0.0552. The molecule has 0 bridgehead atoms. The average molecular weight is 400 g/mol. The number of halogens is 5. The molecule has 0 saturated carbocycles. The van der Waals surface area contributed by atoms with Crippen molar-refractivity contribution in [1.29, 1.82) is 0 Å². The third-order valence-electron chi connectivity index (χ3n) is 3.46. The summed E-state index contributed by atoms with van der Waals surface area (Å²) in [5.41, 5.74) is 2.27. The van der Waals surface area contributed by atoms with E-state index in [9.17, 15) is 18.3 Å². The van der Waals surface area contributed by atoms with Crippen LogP contribution in [0.1, 0.15) is 11.1 Å². The van der Waals surface area contributed by atoms with E-state index in [1.165, 1.54) is 24.4 Å². The first-order valence-electron chi connectivity index (χ1n) is 7.20. The normalized spacial score (nSPS) is 12.0. The number of hydrazone groups is 1. The zero-order valence-corrected chi connectivity index (χ0v) is 14.4. The van der Waals surface area contributed by atoms with Crippen LogP contribution in [0.25, 0.3) is 10.9 Å². The maximum atomic E-state index is 12.7. The molecule has 0 atom stereocenters. The number of rotatable bonds is 3. The van der Waals surface area contributed by atoms with E-state index in [-0.39, 0.29) is 27.7 Å². The summed E-state index contributed by atoms with van der Waals surface area (Å²) in [4.78, 5) is 4.16. The number of phenols is 1. The Labute approximate surface area is 155 Å². The molecular weight excluding hydrogens is 390 g/mol. The number of pyridine rings is 1. The largest absolute Gasteiger partial charge is 0.504 e. The van der Waals surface area contributed by atoms with Crippen molar-refractivity contribution < 1.29 is 18.3 Å². The smallest absolute Gasteiger partial charge is 0.416 e. The number of benzene rings is 2. The Balaban J connectivity index is 1.84. The molecule has 1 aromatic heterocycles. The van der Waals surface area contributed by atoms with Crippen molar-refractivity contribution in [2.45, 2.75) is 6.18 Å². The lowest BCUT2D eigenvalue weighted by atomic mass is 10.1. The lowest BCUT2D eigenvalue weighted by molar-refractivity contribution is -0.137. The number of aromatic hydroxyl groups is 1. The van der Waals surface area contributed by atoms with Gasteiger partial charge in [-0.05, 0) is 35.9 Å². The Morgan fingerprint density at radius 1 is 1.08 bits per heavy atom. The predicted molar refractivity (Wildman–Crippen MR) is 96.1 cm³/mol. The second kappa shape index (κ2) is 7.01. The van der Waals surface area contributed by atoms with Gasteiger partial charge in [0, 0.05) is 5.39 Å². The van der Waals surface area contributed by atoms with Crippen molar-refractivity contribution >= 4 is 46.1 Å². The summed E-state index contributed by atoms with van der Waals surface area (Å²) in [6.07, 6.45) is -3.20. The topological polar surface area (TPSA) is 57.5 Å². The standard InChI is InChI=1S/C17H10Cl2F3N3O/c18-12-7-13(19)16(26)15-11(12)4-5-14(24-15)25-23-8-9-2-1-3-10(6-9)17(20,21)22/h1-8,26H,(H,24,25)/b23-8-. The van der Waals surface area contributed by atoms with Crippen LogP contribution in [0.2, 0.25) is 10.0 Å². The molecule has 2 aromatic carbocycles. The molecule has 3 rings (SSSR count). The van der Waals surface area contributed by atoms with Gasteiger partial charge in [0.25, 0.3) is 0 Å². The van der Waals surface area contributed by atoms with Crippen LogP contribution in [0, 0.1) is 0 Å². The Morgan fingerprint density at radius 3 is 2.58 bits per heavy atom. The second-order valence-electron chi connectivity index (χ2n) is 5.27. The van der Waals surface area contributed by atoms with E-state index in [1.807, 2.05) is 0 Å². The minimum Gasteiger partial charge on any atom is -0.504 e. The van der Waals surface area contributed by atoms with Crippen LogP contribution >= 0.6 is 23.2 Å². The van der Waals surface area contributed by atoms with Crippen molar-refractivity contribution in [3.05, 3.63) is 63.6 Å². The van der Waals surface area contributed by atoms with E-state index < -0.39 is 11.7 Å². The summed E-state index contributed by atoms with van der Waals surface area (Å²) in [6.45, 7) is 0. The lowest BCUT2D eigenvalue weighted by Gasteiger charge is -2.07. The van der Waals surface area contributed by atoms with Gasteiger partial charge in [-0.1, -0.05) is 35.3 Å². The molecule has 0 unspecified atom stereocenters. The fraction of sp³-hybridized carbons (Fsp3) is 0.0588. The van der Waals surface area contributed by atoms with Crippen LogP contribution in [-0.2, 0) is 6.18 Å². The molecule has 4 nitrogen and oxygen atoms in total. The molecule has 0 fully saturated rings. The molecule has 1 heterocycles. The molecule has 0 spiro atoms. The molecule has 3 aromatic rings. The highest BCUT2D eigenvalue weighted by atomic mass is 35.5. The lowest BCUT2D eigenvalue weighted by Crippen LogP contribution is -2.05. The molecule has 134 valence electrons. The van der Waals surface area contributed by atoms with Gasteiger partial charge in [-0.2, -0.15) is 18.3 Å². The fourth-order valence-corrected chi connectivity index (χ4v) is 2.75. The molecule has 0 aliphatic carbocycles. The maximum Gasteiger partial charge on any atom is 0.416 e. The summed E-state index contributed by atoms with van der Waals surface area (Å²) in [5.74, 6) is 0.0333. The molecule has 26 heavy (non-hydrogen) atoms. The molecule has 0 saturated heterocycles. The van der Waals surface area contributed by atoms with E-state index in [2.05, 4.69) is 15.5 Å². The Kier molecular flexibility index (Phi) is 4.93. The summed E-state index contributed by atoms with van der Waals surface area (Å²) in [5, 5.41) is 14.7. The molecule has 0 amide bonds. The Hall–Kier alpha value is -2.51. The third-order valence-corrected chi connectivity index (χ3v) is 4.06. The monoisotopic (exact) mass is 399 g/mol. The van der Waals surface area contributed by atoms with Gasteiger partial charge >= 0.3 is 6.18 Å². The zero-order chi connectivity index (χ0) is 18.9. The van der Waals surface area contributed by atoms with Gasteiger partial charge in [0.05, 0.1) is 21.8 Å². The third kappa shape index (κ3) is 3.84. The van der Waals surface area contributed by atoms with Gasteiger partial charge in [-0.15, -0.1) is 0 Å². The quantitative estimate of drug-likeness (QED) is 0.437. The minimum atomic E-state index is -4.42. The summed E-state index contributed by atoms with van der Waals surface area (Å²) >= 11 is 11.9. The number of hydrogen-bond donors (Lipinski definition) is 2. The van der Waals surface area contributed by atoms with Crippen LogP contribution < -0.4 is 5.43 Å². The number of aromatic nitrogens is 1. The number of phenolic OH excluding ortho intramolecular Hbond substituents is 1. The highest BCUT2D eigenvalue weighted by Gasteiger charge is 2.30. The molecule has 0 aliphatic rings. The van der Waals surface area contributed by atoms with Crippen molar-refractivity contribution in [3.63, 3.8) is 0 Å². The van der Waals surface area contributed by atoms with E-state index in [4.69, 9.17) is 23.2 Å². The fourth-order valence-electron chi connectivity index (χ4n) is 2.23. The zero-order valence-electron chi connectivity index (χ0n) is 12.9. The Morgan fingerprint density at radius 2 is 1.85 bits per heavy atom. The van der Waals surface area contributed by atoms with Crippen LogP contribution in [0.3, 0.4) is 0 Å². The average Bonchev–Trinajstić information content (AvgIpc) is 2.59. The number of anilines is 1. The highest BCUT2D eigenvalue weighted by Crippen LogP contribution is 2.36. The highest BCUT2D eigenvalue weighted by molar-refractivity contribution is 6.39. The van der Waals surface area contributed by atoms with Crippen molar-refractivity contribution in [2.24, 2.45) is 5.10 Å². The van der Waals surface area contributed by atoms with E-state index >= 15 is 0 Å². The molecule has 0 radical (unpaired) electrons.